The molecule has 0 amide bonds. The van der Waals surface area contributed by atoms with Crippen molar-refractivity contribution in [3.05, 3.63) is 69.8 Å². The fourth-order valence-corrected chi connectivity index (χ4v) is 4.01. The van der Waals surface area contributed by atoms with E-state index in [1.54, 1.807) is 31.4 Å². The number of rotatable bonds is 10. The number of nitro benzene ring substituents is 1. The van der Waals surface area contributed by atoms with Crippen LogP contribution in [0.15, 0.2) is 58.8 Å². The molecule has 0 spiro atoms. The molecular weight excluding hydrogens is 452 g/mol. The van der Waals surface area contributed by atoms with Crippen molar-refractivity contribution in [2.45, 2.75) is 25.4 Å². The SMILES string of the molecule is COc1ccc(-c2nc(SCCC(C)C)nc(N/N=C\c3cccc([N+](=O)[O-])c3)c2C#N)cc1. The average molecular weight is 477 g/mol. The zero-order chi connectivity index (χ0) is 24.5. The summed E-state index contributed by atoms with van der Waals surface area (Å²) in [5.74, 6) is 2.34. The van der Waals surface area contributed by atoms with Gasteiger partial charge in [0.25, 0.3) is 5.69 Å². The van der Waals surface area contributed by atoms with Crippen LogP contribution in [0.5, 0.6) is 5.75 Å². The number of nitrogens with one attached hydrogen (secondary N) is 1. The van der Waals surface area contributed by atoms with Crippen LogP contribution in [0, 0.1) is 27.4 Å². The van der Waals surface area contributed by atoms with Crippen molar-refractivity contribution in [3.63, 3.8) is 0 Å². The number of aromatic nitrogens is 2. The quantitative estimate of drug-likeness (QED) is 0.133. The lowest BCUT2D eigenvalue weighted by Gasteiger charge is -2.11. The molecule has 10 heteroatoms. The lowest BCUT2D eigenvalue weighted by Crippen LogP contribution is -2.04. The summed E-state index contributed by atoms with van der Waals surface area (Å²) in [5.41, 5.74) is 4.80. The summed E-state index contributed by atoms with van der Waals surface area (Å²) in [6.07, 6.45) is 2.44. The van der Waals surface area contributed by atoms with Crippen molar-refractivity contribution >= 4 is 29.5 Å². The molecule has 3 aromatic rings. The van der Waals surface area contributed by atoms with E-state index in [9.17, 15) is 15.4 Å². The highest BCUT2D eigenvalue weighted by Crippen LogP contribution is 2.30. The van der Waals surface area contributed by atoms with E-state index in [0.29, 0.717) is 28.1 Å². The largest absolute Gasteiger partial charge is 0.497 e. The van der Waals surface area contributed by atoms with Crippen LogP contribution in [-0.2, 0) is 0 Å². The number of non-ortho nitro benzene ring substituents is 1. The first-order chi connectivity index (χ1) is 16.4. The molecule has 0 atom stereocenters. The van der Waals surface area contributed by atoms with Crippen molar-refractivity contribution in [2.24, 2.45) is 11.0 Å². The number of nitrogens with zero attached hydrogens (tertiary/aromatic N) is 5. The van der Waals surface area contributed by atoms with E-state index in [1.807, 2.05) is 12.1 Å². The van der Waals surface area contributed by atoms with Gasteiger partial charge in [0.05, 0.1) is 23.9 Å². The lowest BCUT2D eigenvalue weighted by atomic mass is 10.1. The number of thioether (sulfide) groups is 1. The Balaban J connectivity index is 1.95. The van der Waals surface area contributed by atoms with Crippen molar-refractivity contribution in [1.82, 2.24) is 9.97 Å². The Morgan fingerprint density at radius 3 is 2.68 bits per heavy atom. The van der Waals surface area contributed by atoms with Crippen molar-refractivity contribution in [3.8, 4) is 23.1 Å². The Kier molecular flexibility index (Phi) is 8.54. The molecule has 1 aromatic heterocycles. The number of hydrazone groups is 1. The highest BCUT2D eigenvalue weighted by Gasteiger charge is 2.17. The Hall–Kier alpha value is -3.97. The van der Waals surface area contributed by atoms with Gasteiger partial charge >= 0.3 is 0 Å². The van der Waals surface area contributed by atoms with E-state index in [-0.39, 0.29) is 17.1 Å². The topological polar surface area (TPSA) is 126 Å². The molecule has 0 aliphatic rings. The number of ether oxygens (including phenoxy) is 1. The van der Waals surface area contributed by atoms with E-state index < -0.39 is 4.92 Å². The van der Waals surface area contributed by atoms with Crippen LogP contribution < -0.4 is 10.2 Å². The van der Waals surface area contributed by atoms with E-state index in [1.165, 1.54) is 30.1 Å². The van der Waals surface area contributed by atoms with Crippen LogP contribution in [0.3, 0.4) is 0 Å². The van der Waals surface area contributed by atoms with E-state index >= 15 is 0 Å². The predicted molar refractivity (Wildman–Crippen MR) is 133 cm³/mol. The van der Waals surface area contributed by atoms with Crippen LogP contribution in [0.2, 0.25) is 0 Å². The summed E-state index contributed by atoms with van der Waals surface area (Å²) in [6.45, 7) is 4.30. The number of anilines is 1. The van der Waals surface area contributed by atoms with Gasteiger partial charge in [-0.05, 0) is 36.6 Å². The first kappa shape index (κ1) is 24.7. The van der Waals surface area contributed by atoms with Gasteiger partial charge in [-0.1, -0.05) is 37.7 Å². The molecule has 0 aliphatic carbocycles. The number of hydrogen-bond donors (Lipinski definition) is 1. The van der Waals surface area contributed by atoms with E-state index in [2.05, 4.69) is 40.4 Å². The summed E-state index contributed by atoms with van der Waals surface area (Å²) in [5, 5.41) is 25.6. The van der Waals surface area contributed by atoms with Gasteiger partial charge < -0.3 is 4.74 Å². The molecule has 1 heterocycles. The molecule has 1 N–H and O–H groups in total. The van der Waals surface area contributed by atoms with Gasteiger partial charge in [-0.15, -0.1) is 0 Å². The predicted octanol–water partition coefficient (Wildman–Crippen LogP) is 5.52. The van der Waals surface area contributed by atoms with Crippen LogP contribution in [0.25, 0.3) is 11.3 Å². The molecule has 2 aromatic carbocycles. The molecule has 0 fully saturated rings. The molecule has 3 rings (SSSR count). The molecular formula is C24H24N6O3S. The summed E-state index contributed by atoms with van der Waals surface area (Å²) < 4.78 is 5.23. The summed E-state index contributed by atoms with van der Waals surface area (Å²) in [4.78, 5) is 19.7. The fourth-order valence-electron chi connectivity index (χ4n) is 2.92. The van der Waals surface area contributed by atoms with Gasteiger partial charge in [-0.25, -0.2) is 9.97 Å². The molecule has 0 radical (unpaired) electrons. The second-order valence-electron chi connectivity index (χ2n) is 7.67. The van der Waals surface area contributed by atoms with Crippen LogP contribution in [0.4, 0.5) is 11.5 Å². The van der Waals surface area contributed by atoms with Crippen molar-refractivity contribution in [1.29, 1.82) is 5.26 Å². The number of nitriles is 1. The number of methoxy groups -OCH3 is 1. The van der Waals surface area contributed by atoms with Gasteiger partial charge in [0.15, 0.2) is 11.0 Å². The van der Waals surface area contributed by atoms with Crippen LogP contribution in [0.1, 0.15) is 31.4 Å². The second-order valence-corrected chi connectivity index (χ2v) is 8.73. The summed E-state index contributed by atoms with van der Waals surface area (Å²) in [7, 11) is 1.59. The summed E-state index contributed by atoms with van der Waals surface area (Å²) in [6, 6.07) is 15.5. The van der Waals surface area contributed by atoms with E-state index in [0.717, 1.165) is 17.7 Å². The molecule has 0 bridgehead atoms. The monoisotopic (exact) mass is 476 g/mol. The zero-order valence-electron chi connectivity index (χ0n) is 19.1. The maximum absolute atomic E-state index is 11.0. The minimum Gasteiger partial charge on any atom is -0.497 e. The van der Waals surface area contributed by atoms with Gasteiger partial charge in [-0.3, -0.25) is 15.5 Å². The average Bonchev–Trinajstić information content (AvgIpc) is 2.84. The smallest absolute Gasteiger partial charge is 0.270 e. The molecule has 0 saturated carbocycles. The molecule has 0 saturated heterocycles. The Morgan fingerprint density at radius 2 is 2.03 bits per heavy atom. The standard InChI is InChI=1S/C24H24N6O3S/c1-16(2)11-12-34-24-27-22(18-7-9-20(33-3)10-8-18)21(14-25)23(28-24)29-26-15-17-5-4-6-19(13-17)30(31)32/h4-10,13,15-16H,11-12H2,1-3H3,(H,27,28,29)/b26-15-. The summed E-state index contributed by atoms with van der Waals surface area (Å²) >= 11 is 1.51. The molecule has 9 nitrogen and oxygen atoms in total. The third kappa shape index (κ3) is 6.52. The minimum atomic E-state index is -0.467. The van der Waals surface area contributed by atoms with Gasteiger partial charge in [-0.2, -0.15) is 10.4 Å². The first-order valence-corrected chi connectivity index (χ1v) is 11.5. The number of hydrogen-bond acceptors (Lipinski definition) is 9. The lowest BCUT2D eigenvalue weighted by molar-refractivity contribution is -0.384. The molecule has 0 unspecified atom stereocenters. The van der Waals surface area contributed by atoms with Crippen molar-refractivity contribution in [2.75, 3.05) is 18.3 Å². The first-order valence-electron chi connectivity index (χ1n) is 10.5. The Morgan fingerprint density at radius 1 is 1.26 bits per heavy atom. The van der Waals surface area contributed by atoms with Crippen LogP contribution in [-0.4, -0.2) is 34.0 Å². The Labute approximate surface area is 202 Å². The minimum absolute atomic E-state index is 0.0330. The number of benzene rings is 2. The fraction of sp³-hybridized carbons (Fsp3) is 0.250. The molecule has 34 heavy (non-hydrogen) atoms. The second kappa shape index (κ2) is 11.8. The number of nitro groups is 1. The third-order valence-corrected chi connectivity index (χ3v) is 5.64. The van der Waals surface area contributed by atoms with E-state index in [4.69, 9.17) is 4.74 Å². The molecule has 174 valence electrons. The van der Waals surface area contributed by atoms with Crippen LogP contribution >= 0.6 is 11.8 Å². The zero-order valence-corrected chi connectivity index (χ0v) is 19.9. The maximum atomic E-state index is 11.0. The highest BCUT2D eigenvalue weighted by atomic mass is 32.2. The Bertz CT molecular complexity index is 1220. The van der Waals surface area contributed by atoms with Crippen molar-refractivity contribution < 1.29 is 9.66 Å². The maximum Gasteiger partial charge on any atom is 0.270 e. The third-order valence-electron chi connectivity index (χ3n) is 4.76. The van der Waals surface area contributed by atoms with Gasteiger partial charge in [0.1, 0.15) is 17.4 Å². The van der Waals surface area contributed by atoms with Gasteiger partial charge in [0.2, 0.25) is 0 Å². The normalized spacial score (nSPS) is 10.9. The van der Waals surface area contributed by atoms with Gasteiger partial charge in [0, 0.05) is 29.0 Å². The highest BCUT2D eigenvalue weighted by molar-refractivity contribution is 7.99. The molecule has 0 aliphatic heterocycles.